The first-order valence-electron chi connectivity index (χ1n) is 8.48. The molecule has 27 heavy (non-hydrogen) atoms. The van der Waals surface area contributed by atoms with E-state index in [1.165, 1.54) is 16.9 Å². The van der Waals surface area contributed by atoms with E-state index in [-0.39, 0.29) is 12.4 Å². The third-order valence-corrected chi connectivity index (χ3v) is 6.90. The molecule has 0 amide bonds. The minimum Gasteiger partial charge on any atom is -0.363 e. The van der Waals surface area contributed by atoms with E-state index >= 15 is 0 Å². The number of nitrogens with one attached hydrogen (secondary N) is 1. The Hall–Kier alpha value is -0.400. The Morgan fingerprint density at radius 2 is 1.89 bits per heavy atom. The number of halogens is 3. The summed E-state index contributed by atoms with van der Waals surface area (Å²) >= 11 is 15.8. The topological polar surface area (TPSA) is 50.7 Å². The van der Waals surface area contributed by atoms with E-state index in [0.29, 0.717) is 23.2 Å². The van der Waals surface area contributed by atoms with Crippen molar-refractivity contribution >= 4 is 65.0 Å². The molecule has 0 atom stereocenters. The molecule has 0 fully saturated rings. The summed E-state index contributed by atoms with van der Waals surface area (Å²) in [5.41, 5.74) is 3.00. The van der Waals surface area contributed by atoms with Gasteiger partial charge in [0.15, 0.2) is 0 Å². The molecule has 0 saturated carbocycles. The van der Waals surface area contributed by atoms with Crippen molar-refractivity contribution in [3.63, 3.8) is 0 Å². The summed E-state index contributed by atoms with van der Waals surface area (Å²) in [5.74, 6) is 5.38. The van der Waals surface area contributed by atoms with Crippen LogP contribution in [0.4, 0.5) is 5.82 Å². The van der Waals surface area contributed by atoms with Gasteiger partial charge in [0.2, 0.25) is 0 Å². The first kappa shape index (κ1) is 24.6. The number of hydrogen-bond acceptors (Lipinski definition) is 6. The largest absolute Gasteiger partial charge is 0.363 e. The molecule has 150 valence electrons. The van der Waals surface area contributed by atoms with Gasteiger partial charge in [-0.15, -0.1) is 35.8 Å². The van der Waals surface area contributed by atoms with Gasteiger partial charge in [0.1, 0.15) is 16.7 Å². The maximum atomic E-state index is 6.30. The van der Waals surface area contributed by atoms with Crippen molar-refractivity contribution in [1.82, 2.24) is 15.0 Å². The maximum Gasteiger partial charge on any atom is 0.149 e. The second-order valence-corrected chi connectivity index (χ2v) is 8.87. The Balaban J connectivity index is 0.00000364. The Morgan fingerprint density at radius 1 is 1.11 bits per heavy atom. The third-order valence-electron chi connectivity index (χ3n) is 3.72. The van der Waals surface area contributed by atoms with Crippen molar-refractivity contribution in [2.24, 2.45) is 0 Å². The number of thioether (sulfide) groups is 2. The van der Waals surface area contributed by atoms with Crippen LogP contribution in [0.25, 0.3) is 0 Å². The molecule has 0 radical (unpaired) electrons. The van der Waals surface area contributed by atoms with Crippen molar-refractivity contribution in [2.75, 3.05) is 28.5 Å². The lowest BCUT2D eigenvalue weighted by Gasteiger charge is -2.13. The molecule has 4 nitrogen and oxygen atoms in total. The molecule has 2 heterocycles. The summed E-state index contributed by atoms with van der Waals surface area (Å²) in [4.78, 5) is 14.5. The minimum atomic E-state index is 0. The molecular weight excluding hydrogens is 443 g/mol. The highest BCUT2D eigenvalue weighted by Crippen LogP contribution is 2.26. The van der Waals surface area contributed by atoms with Gasteiger partial charge in [-0.1, -0.05) is 11.6 Å². The molecule has 0 aliphatic carbocycles. The van der Waals surface area contributed by atoms with Crippen molar-refractivity contribution in [3.05, 3.63) is 40.1 Å². The van der Waals surface area contributed by atoms with Crippen molar-refractivity contribution in [1.29, 1.82) is 0 Å². The van der Waals surface area contributed by atoms with Crippen LogP contribution in [0.15, 0.2) is 17.2 Å². The van der Waals surface area contributed by atoms with E-state index in [9.17, 15) is 0 Å². The monoisotopic (exact) mass is 466 g/mol. The van der Waals surface area contributed by atoms with Gasteiger partial charge in [-0.3, -0.25) is 4.98 Å². The zero-order valence-electron chi connectivity index (χ0n) is 15.7. The van der Waals surface area contributed by atoms with Crippen LogP contribution in [0.1, 0.15) is 29.2 Å². The van der Waals surface area contributed by atoms with E-state index < -0.39 is 0 Å². The molecule has 0 aliphatic rings. The van der Waals surface area contributed by atoms with Crippen LogP contribution in [-0.2, 0) is 6.54 Å². The predicted octanol–water partition coefficient (Wildman–Crippen LogP) is 5.94. The molecule has 2 aromatic rings. The van der Waals surface area contributed by atoms with Gasteiger partial charge < -0.3 is 5.32 Å². The number of anilines is 1. The van der Waals surface area contributed by atoms with Gasteiger partial charge in [-0.05, 0) is 50.3 Å². The normalized spacial score (nSPS) is 10.6. The lowest BCUT2D eigenvalue weighted by Crippen LogP contribution is -2.08. The zero-order valence-corrected chi connectivity index (χ0v) is 19.7. The standard InChI is InChI=1S/C18H24Cl2N4S2.ClH/c1-12-15(11-22-18-17(20)13(2)23-14(3)24-18)21-7-5-16(12)26-9-4-8-25-10-6-19;/h5,7H,4,6,8-11H2,1-3H3,(H,22,23,24);1H. The van der Waals surface area contributed by atoms with E-state index in [2.05, 4.69) is 33.3 Å². The Kier molecular flexibility index (Phi) is 11.8. The predicted molar refractivity (Wildman–Crippen MR) is 123 cm³/mol. The number of rotatable bonds is 10. The smallest absolute Gasteiger partial charge is 0.149 e. The maximum absolute atomic E-state index is 6.30. The molecule has 0 saturated heterocycles. The first-order valence-corrected chi connectivity index (χ1v) is 11.5. The molecule has 1 N–H and O–H groups in total. The van der Waals surface area contributed by atoms with Crippen LogP contribution in [-0.4, -0.2) is 38.1 Å². The van der Waals surface area contributed by atoms with Crippen LogP contribution in [0.3, 0.4) is 0 Å². The molecule has 0 unspecified atom stereocenters. The van der Waals surface area contributed by atoms with Crippen LogP contribution in [0.5, 0.6) is 0 Å². The molecule has 2 rings (SSSR count). The summed E-state index contributed by atoms with van der Waals surface area (Å²) in [7, 11) is 0. The van der Waals surface area contributed by atoms with E-state index in [1.54, 1.807) is 0 Å². The van der Waals surface area contributed by atoms with Crippen molar-refractivity contribution in [2.45, 2.75) is 38.6 Å². The Labute approximate surface area is 186 Å². The highest BCUT2D eigenvalue weighted by atomic mass is 35.5. The molecular formula is C18H25Cl3N4S2. The van der Waals surface area contributed by atoms with Crippen molar-refractivity contribution in [3.8, 4) is 0 Å². The fourth-order valence-electron chi connectivity index (χ4n) is 2.38. The van der Waals surface area contributed by atoms with E-state index in [1.807, 2.05) is 43.6 Å². The van der Waals surface area contributed by atoms with Crippen LogP contribution in [0, 0.1) is 20.8 Å². The zero-order chi connectivity index (χ0) is 18.9. The quantitative estimate of drug-likeness (QED) is 0.265. The highest BCUT2D eigenvalue weighted by Gasteiger charge is 2.10. The van der Waals surface area contributed by atoms with Gasteiger partial charge in [-0.25, -0.2) is 9.97 Å². The number of nitrogens with zero attached hydrogens (tertiary/aromatic N) is 3. The van der Waals surface area contributed by atoms with Crippen LogP contribution >= 0.6 is 59.1 Å². The number of pyridine rings is 1. The number of hydrogen-bond donors (Lipinski definition) is 1. The van der Waals surface area contributed by atoms with E-state index in [0.717, 1.165) is 34.5 Å². The fourth-order valence-corrected chi connectivity index (χ4v) is 4.70. The van der Waals surface area contributed by atoms with Gasteiger partial charge in [-0.2, -0.15) is 11.8 Å². The van der Waals surface area contributed by atoms with Crippen LogP contribution < -0.4 is 5.32 Å². The first-order chi connectivity index (χ1) is 12.5. The van der Waals surface area contributed by atoms with Gasteiger partial charge in [0.25, 0.3) is 0 Å². The number of alkyl halides is 1. The lowest BCUT2D eigenvalue weighted by atomic mass is 10.2. The summed E-state index contributed by atoms with van der Waals surface area (Å²) in [5, 5.41) is 3.86. The average molecular weight is 468 g/mol. The second-order valence-electron chi connectivity index (χ2n) is 5.76. The van der Waals surface area contributed by atoms with Gasteiger partial charge in [0, 0.05) is 22.7 Å². The SMILES string of the molecule is Cc1nc(C)c(Cl)c(NCc2nccc(SCCCSCCCl)c2C)n1.Cl. The summed E-state index contributed by atoms with van der Waals surface area (Å²) < 4.78 is 0. The minimum absolute atomic E-state index is 0. The molecule has 2 aromatic heterocycles. The summed E-state index contributed by atoms with van der Waals surface area (Å²) in [6.45, 7) is 6.45. The molecule has 0 bridgehead atoms. The van der Waals surface area contributed by atoms with Crippen molar-refractivity contribution < 1.29 is 0 Å². The Bertz CT molecular complexity index is 732. The summed E-state index contributed by atoms with van der Waals surface area (Å²) in [6.07, 6.45) is 3.04. The second kappa shape index (κ2) is 12.9. The summed E-state index contributed by atoms with van der Waals surface area (Å²) in [6, 6.07) is 2.08. The Morgan fingerprint density at radius 3 is 2.63 bits per heavy atom. The molecule has 0 spiro atoms. The number of aromatic nitrogens is 3. The third kappa shape index (κ3) is 7.86. The van der Waals surface area contributed by atoms with Crippen LogP contribution in [0.2, 0.25) is 5.02 Å². The average Bonchev–Trinajstić information content (AvgIpc) is 2.62. The number of aryl methyl sites for hydroxylation is 2. The van der Waals surface area contributed by atoms with Gasteiger partial charge in [0.05, 0.1) is 17.9 Å². The molecule has 0 aliphatic heterocycles. The lowest BCUT2D eigenvalue weighted by molar-refractivity contribution is 0.954. The van der Waals surface area contributed by atoms with E-state index in [4.69, 9.17) is 23.2 Å². The molecule has 0 aromatic carbocycles. The highest BCUT2D eigenvalue weighted by molar-refractivity contribution is 8.00. The van der Waals surface area contributed by atoms with Gasteiger partial charge >= 0.3 is 0 Å². The molecule has 9 heteroatoms. The fraction of sp³-hybridized carbons (Fsp3) is 0.500.